The molecule has 0 saturated heterocycles. The minimum absolute atomic E-state index is 0.0226. The van der Waals surface area contributed by atoms with E-state index in [9.17, 15) is 4.79 Å². The zero-order valence-corrected chi connectivity index (χ0v) is 16.9. The van der Waals surface area contributed by atoms with Crippen LogP contribution in [-0.2, 0) is 4.79 Å². The van der Waals surface area contributed by atoms with Gasteiger partial charge in [0.2, 0.25) is 11.0 Å². The van der Waals surface area contributed by atoms with E-state index in [1.807, 2.05) is 43.3 Å². The maximum absolute atomic E-state index is 12.5. The number of rotatable bonds is 2. The predicted molar refractivity (Wildman–Crippen MR) is 113 cm³/mol. The standard InChI is InChI=1S/C21H17ClN4OS/c1-11-3-8-16-17(9-11)28-21(23-16)26-20-19(12(2)25-26)15(10-18(27)24-20)13-4-6-14(22)7-5-13/h3-9,15H,10H2,1-2H3,(H,24,27)/t15-/m0/s1. The van der Waals surface area contributed by atoms with Crippen molar-refractivity contribution in [2.75, 3.05) is 5.32 Å². The molecule has 140 valence electrons. The number of nitrogens with zero attached hydrogens (tertiary/aromatic N) is 3. The molecule has 1 aliphatic rings. The van der Waals surface area contributed by atoms with Gasteiger partial charge in [-0.2, -0.15) is 9.78 Å². The number of nitrogens with one attached hydrogen (secondary N) is 1. The number of benzene rings is 2. The monoisotopic (exact) mass is 408 g/mol. The Balaban J connectivity index is 1.67. The second-order valence-corrected chi connectivity index (χ2v) is 8.53. The van der Waals surface area contributed by atoms with Crippen LogP contribution in [0.3, 0.4) is 0 Å². The summed E-state index contributed by atoms with van der Waals surface area (Å²) in [4.78, 5) is 17.2. The molecule has 1 atom stereocenters. The van der Waals surface area contributed by atoms with Crippen molar-refractivity contribution in [3.63, 3.8) is 0 Å². The smallest absolute Gasteiger partial charge is 0.226 e. The highest BCUT2D eigenvalue weighted by Crippen LogP contribution is 2.41. The number of hydrogen-bond donors (Lipinski definition) is 1. The van der Waals surface area contributed by atoms with Crippen molar-refractivity contribution < 1.29 is 4.79 Å². The van der Waals surface area contributed by atoms with E-state index in [-0.39, 0.29) is 11.8 Å². The summed E-state index contributed by atoms with van der Waals surface area (Å²) in [5.74, 6) is 0.640. The van der Waals surface area contributed by atoms with E-state index >= 15 is 0 Å². The fourth-order valence-electron chi connectivity index (χ4n) is 3.78. The van der Waals surface area contributed by atoms with Crippen LogP contribution in [-0.4, -0.2) is 20.7 Å². The van der Waals surface area contributed by atoms with Crippen LogP contribution >= 0.6 is 22.9 Å². The Morgan fingerprint density at radius 2 is 1.96 bits per heavy atom. The first-order chi connectivity index (χ1) is 13.5. The van der Waals surface area contributed by atoms with Crippen LogP contribution in [0.4, 0.5) is 5.82 Å². The van der Waals surface area contributed by atoms with Gasteiger partial charge >= 0.3 is 0 Å². The minimum Gasteiger partial charge on any atom is -0.310 e. The van der Waals surface area contributed by atoms with Crippen LogP contribution in [0.2, 0.25) is 5.02 Å². The Labute approximate surface area is 171 Å². The Morgan fingerprint density at radius 3 is 2.75 bits per heavy atom. The molecule has 0 fully saturated rings. The predicted octanol–water partition coefficient (Wildman–Crippen LogP) is 5.23. The zero-order chi connectivity index (χ0) is 19.4. The second kappa shape index (κ2) is 6.43. The van der Waals surface area contributed by atoms with E-state index in [1.54, 1.807) is 16.0 Å². The summed E-state index contributed by atoms with van der Waals surface area (Å²) >= 11 is 7.61. The molecule has 5 nitrogen and oxygen atoms in total. The van der Waals surface area contributed by atoms with Crippen molar-refractivity contribution in [3.05, 3.63) is 69.9 Å². The fraction of sp³-hybridized carbons (Fsp3) is 0.190. The second-order valence-electron chi connectivity index (χ2n) is 7.08. The number of hydrogen-bond acceptors (Lipinski definition) is 4. The largest absolute Gasteiger partial charge is 0.310 e. The van der Waals surface area contributed by atoms with Crippen molar-refractivity contribution in [1.82, 2.24) is 14.8 Å². The minimum atomic E-state index is -0.0496. The third-order valence-electron chi connectivity index (χ3n) is 5.09. The van der Waals surface area contributed by atoms with Gasteiger partial charge in [-0.05, 0) is 49.2 Å². The van der Waals surface area contributed by atoms with Gasteiger partial charge in [0.05, 0.1) is 15.9 Å². The molecule has 0 unspecified atom stereocenters. The molecular weight excluding hydrogens is 392 g/mol. The van der Waals surface area contributed by atoms with Gasteiger partial charge < -0.3 is 5.32 Å². The van der Waals surface area contributed by atoms with Gasteiger partial charge in [0.1, 0.15) is 5.82 Å². The lowest BCUT2D eigenvalue weighted by Crippen LogP contribution is -2.24. The van der Waals surface area contributed by atoms with Crippen LogP contribution in [0.15, 0.2) is 42.5 Å². The maximum atomic E-state index is 12.5. The molecule has 0 aliphatic carbocycles. The molecule has 2 aromatic carbocycles. The highest BCUT2D eigenvalue weighted by atomic mass is 35.5. The van der Waals surface area contributed by atoms with Gasteiger partial charge in [-0.3, -0.25) is 4.79 Å². The number of anilines is 1. The molecule has 0 radical (unpaired) electrons. The number of halogens is 1. The Bertz CT molecular complexity index is 1230. The van der Waals surface area contributed by atoms with Crippen LogP contribution in [0.1, 0.15) is 34.7 Å². The van der Waals surface area contributed by atoms with Crippen LogP contribution in [0.25, 0.3) is 15.3 Å². The Morgan fingerprint density at radius 1 is 1.18 bits per heavy atom. The van der Waals surface area contributed by atoms with E-state index in [1.165, 1.54) is 5.56 Å². The van der Waals surface area contributed by atoms with E-state index in [0.29, 0.717) is 17.3 Å². The molecule has 28 heavy (non-hydrogen) atoms. The molecule has 3 heterocycles. The number of carbonyl (C=O) groups is 1. The summed E-state index contributed by atoms with van der Waals surface area (Å²) in [6.07, 6.45) is 0.389. The number of aryl methyl sites for hydroxylation is 2. The van der Waals surface area contributed by atoms with Gasteiger partial charge in [-0.25, -0.2) is 4.98 Å². The normalized spacial score (nSPS) is 16.2. The summed E-state index contributed by atoms with van der Waals surface area (Å²) in [6, 6.07) is 13.9. The summed E-state index contributed by atoms with van der Waals surface area (Å²) in [6.45, 7) is 4.04. The van der Waals surface area contributed by atoms with E-state index < -0.39 is 0 Å². The van der Waals surface area contributed by atoms with Gasteiger partial charge in [-0.15, -0.1) is 0 Å². The summed E-state index contributed by atoms with van der Waals surface area (Å²) in [5, 5.41) is 9.18. The van der Waals surface area contributed by atoms with Gasteiger partial charge in [0.25, 0.3) is 0 Å². The lowest BCUT2D eigenvalue weighted by Gasteiger charge is -2.24. The average molecular weight is 409 g/mol. The van der Waals surface area contributed by atoms with Crippen molar-refractivity contribution in [2.45, 2.75) is 26.2 Å². The van der Waals surface area contributed by atoms with Crippen LogP contribution in [0, 0.1) is 13.8 Å². The van der Waals surface area contributed by atoms with Crippen molar-refractivity contribution in [2.24, 2.45) is 0 Å². The number of aromatic nitrogens is 3. The molecule has 7 heteroatoms. The summed E-state index contributed by atoms with van der Waals surface area (Å²) < 4.78 is 2.87. The topological polar surface area (TPSA) is 59.8 Å². The molecular formula is C21H17ClN4OS. The highest BCUT2D eigenvalue weighted by molar-refractivity contribution is 7.20. The molecule has 2 aromatic heterocycles. The number of amides is 1. The SMILES string of the molecule is Cc1ccc2nc(-n3nc(C)c4c3NC(=O)C[C@H]4c3ccc(Cl)cc3)sc2c1. The number of thiazole rings is 1. The molecule has 4 aromatic rings. The highest BCUT2D eigenvalue weighted by Gasteiger charge is 2.33. The molecule has 1 N–H and O–H groups in total. The molecule has 0 saturated carbocycles. The van der Waals surface area contributed by atoms with Crippen molar-refractivity contribution >= 4 is 44.9 Å². The summed E-state index contributed by atoms with van der Waals surface area (Å²) in [7, 11) is 0. The lowest BCUT2D eigenvalue weighted by molar-refractivity contribution is -0.116. The molecule has 0 bridgehead atoms. The molecule has 1 amide bonds. The number of fused-ring (bicyclic) bond motifs is 2. The van der Waals surface area contributed by atoms with E-state index in [0.717, 1.165) is 32.2 Å². The van der Waals surface area contributed by atoms with Gasteiger partial charge in [0, 0.05) is 22.9 Å². The molecule has 0 spiro atoms. The lowest BCUT2D eigenvalue weighted by atomic mass is 9.86. The van der Waals surface area contributed by atoms with Gasteiger partial charge in [-0.1, -0.05) is 41.1 Å². The van der Waals surface area contributed by atoms with Crippen molar-refractivity contribution in [1.29, 1.82) is 0 Å². The summed E-state index contributed by atoms with van der Waals surface area (Å²) in [5.41, 5.74) is 5.12. The van der Waals surface area contributed by atoms with E-state index in [4.69, 9.17) is 21.7 Å². The fourth-order valence-corrected chi connectivity index (χ4v) is 4.92. The zero-order valence-electron chi connectivity index (χ0n) is 15.4. The number of carbonyl (C=O) groups excluding carboxylic acids is 1. The maximum Gasteiger partial charge on any atom is 0.226 e. The van der Waals surface area contributed by atoms with Crippen LogP contribution in [0.5, 0.6) is 0 Å². The third-order valence-corrected chi connectivity index (χ3v) is 6.33. The third kappa shape index (κ3) is 2.80. The van der Waals surface area contributed by atoms with Gasteiger partial charge in [0.15, 0.2) is 0 Å². The molecule has 5 rings (SSSR count). The first-order valence-electron chi connectivity index (χ1n) is 9.02. The Hall–Kier alpha value is -2.70. The molecule has 1 aliphatic heterocycles. The quantitative estimate of drug-likeness (QED) is 0.494. The first-order valence-corrected chi connectivity index (χ1v) is 10.2. The van der Waals surface area contributed by atoms with Crippen LogP contribution < -0.4 is 5.32 Å². The Kier molecular flexibility index (Phi) is 4.00. The first kappa shape index (κ1) is 17.4. The average Bonchev–Trinajstić information content (AvgIpc) is 3.22. The van der Waals surface area contributed by atoms with E-state index in [2.05, 4.69) is 18.3 Å². The van der Waals surface area contributed by atoms with Crippen molar-refractivity contribution in [3.8, 4) is 5.13 Å².